The molecule has 0 unspecified atom stereocenters. The van der Waals surface area contributed by atoms with Crippen LogP contribution in [0.2, 0.25) is 0 Å². The van der Waals surface area contributed by atoms with E-state index in [0.29, 0.717) is 22.8 Å². The molecule has 0 radical (unpaired) electrons. The highest BCUT2D eigenvalue weighted by Crippen LogP contribution is 2.40. The number of furan rings is 1. The molecule has 6 nitrogen and oxygen atoms in total. The van der Waals surface area contributed by atoms with E-state index >= 15 is 0 Å². The molecule has 2 aromatic heterocycles. The minimum atomic E-state index is -0.214. The molecule has 0 spiro atoms. The van der Waals surface area contributed by atoms with Crippen LogP contribution >= 0.6 is 11.3 Å². The summed E-state index contributed by atoms with van der Waals surface area (Å²) in [5.41, 5.74) is 3.75. The van der Waals surface area contributed by atoms with Gasteiger partial charge in [0.15, 0.2) is 5.13 Å². The van der Waals surface area contributed by atoms with E-state index in [9.17, 15) is 9.59 Å². The van der Waals surface area contributed by atoms with Gasteiger partial charge >= 0.3 is 0 Å². The fourth-order valence-electron chi connectivity index (χ4n) is 3.78. The molecule has 3 aromatic rings. The highest BCUT2D eigenvalue weighted by atomic mass is 32.1. The van der Waals surface area contributed by atoms with E-state index < -0.39 is 0 Å². The zero-order valence-electron chi connectivity index (χ0n) is 15.0. The number of carbonyl (C=O) groups is 2. The Morgan fingerprint density at radius 2 is 2.15 bits per heavy atom. The van der Waals surface area contributed by atoms with Crippen LogP contribution in [0.4, 0.5) is 5.13 Å². The smallest absolute Gasteiger partial charge is 0.260 e. The second kappa shape index (κ2) is 5.79. The molecular weight excluding hydrogens is 362 g/mol. The van der Waals surface area contributed by atoms with E-state index in [1.165, 1.54) is 11.3 Å². The van der Waals surface area contributed by atoms with Crippen molar-refractivity contribution >= 4 is 28.3 Å². The predicted molar refractivity (Wildman–Crippen MR) is 102 cm³/mol. The van der Waals surface area contributed by atoms with Gasteiger partial charge in [0, 0.05) is 37.5 Å². The molecule has 0 N–H and O–H groups in total. The summed E-state index contributed by atoms with van der Waals surface area (Å²) < 4.78 is 5.51. The number of hydrogen-bond acceptors (Lipinski definition) is 5. The zero-order chi connectivity index (χ0) is 18.7. The normalized spacial score (nSPS) is 14.7. The minimum Gasteiger partial charge on any atom is -0.469 e. The van der Waals surface area contributed by atoms with Crippen LogP contribution in [-0.4, -0.2) is 35.8 Å². The molecule has 0 bridgehead atoms. The molecule has 2 aliphatic rings. The Morgan fingerprint density at radius 1 is 1.30 bits per heavy atom. The first-order chi connectivity index (χ1) is 13.0. The van der Waals surface area contributed by atoms with E-state index in [2.05, 4.69) is 0 Å². The molecule has 5 rings (SSSR count). The molecule has 0 atom stereocenters. The van der Waals surface area contributed by atoms with Gasteiger partial charge < -0.3 is 9.32 Å². The molecule has 3 heterocycles. The quantitative estimate of drug-likeness (QED) is 0.685. The topological polar surface area (TPSA) is 66.7 Å². The second-order valence-electron chi connectivity index (χ2n) is 6.89. The van der Waals surface area contributed by atoms with Gasteiger partial charge in [0.1, 0.15) is 5.76 Å². The van der Waals surface area contributed by atoms with Crippen molar-refractivity contribution in [2.75, 3.05) is 19.0 Å². The molecule has 7 heteroatoms. The van der Waals surface area contributed by atoms with Crippen LogP contribution in [0.15, 0.2) is 34.9 Å². The van der Waals surface area contributed by atoms with Crippen LogP contribution < -0.4 is 4.90 Å². The maximum absolute atomic E-state index is 13.2. The van der Waals surface area contributed by atoms with Gasteiger partial charge in [-0.15, -0.1) is 11.3 Å². The van der Waals surface area contributed by atoms with Crippen molar-refractivity contribution in [1.29, 1.82) is 0 Å². The Morgan fingerprint density at radius 3 is 3.00 bits per heavy atom. The average molecular weight is 379 g/mol. The zero-order valence-corrected chi connectivity index (χ0v) is 15.8. The number of hydrogen-bond donors (Lipinski definition) is 0. The Labute approximate surface area is 160 Å². The third-order valence-corrected chi connectivity index (χ3v) is 6.40. The number of aromatic nitrogens is 1. The fourth-order valence-corrected chi connectivity index (χ4v) is 4.82. The monoisotopic (exact) mass is 379 g/mol. The maximum Gasteiger partial charge on any atom is 0.260 e. The lowest BCUT2D eigenvalue weighted by Crippen LogP contribution is -2.28. The van der Waals surface area contributed by atoms with Crippen molar-refractivity contribution in [2.24, 2.45) is 0 Å². The van der Waals surface area contributed by atoms with Crippen molar-refractivity contribution in [3.8, 4) is 11.3 Å². The van der Waals surface area contributed by atoms with Gasteiger partial charge in [-0.2, -0.15) is 0 Å². The molecule has 1 aromatic carbocycles. The van der Waals surface area contributed by atoms with E-state index in [1.807, 2.05) is 18.2 Å². The first-order valence-corrected chi connectivity index (χ1v) is 9.58. The van der Waals surface area contributed by atoms with E-state index in [4.69, 9.17) is 9.40 Å². The largest absolute Gasteiger partial charge is 0.469 e. The Balaban J connectivity index is 1.52. The summed E-state index contributed by atoms with van der Waals surface area (Å²) in [6, 6.07) is 7.38. The number of carbonyl (C=O) groups excluding carboxylic acids is 2. The summed E-state index contributed by atoms with van der Waals surface area (Å²) in [6.45, 7) is 0.536. The fraction of sp³-hybridized carbons (Fsp3) is 0.250. The van der Waals surface area contributed by atoms with Gasteiger partial charge in [0.2, 0.25) is 0 Å². The predicted octanol–water partition coefficient (Wildman–Crippen LogP) is 3.36. The number of benzene rings is 1. The van der Waals surface area contributed by atoms with Gasteiger partial charge in [-0.1, -0.05) is 12.1 Å². The van der Waals surface area contributed by atoms with E-state index in [1.54, 1.807) is 36.2 Å². The van der Waals surface area contributed by atoms with Crippen molar-refractivity contribution in [3.63, 3.8) is 0 Å². The highest BCUT2D eigenvalue weighted by Gasteiger charge is 2.32. The molecule has 1 aliphatic heterocycles. The molecule has 0 saturated carbocycles. The second-order valence-corrected chi connectivity index (χ2v) is 7.95. The average Bonchev–Trinajstić information content (AvgIpc) is 3.37. The van der Waals surface area contributed by atoms with E-state index in [-0.39, 0.29) is 11.8 Å². The Kier molecular flexibility index (Phi) is 3.48. The number of rotatable bonds is 2. The molecule has 136 valence electrons. The van der Waals surface area contributed by atoms with E-state index in [0.717, 1.165) is 40.3 Å². The third kappa shape index (κ3) is 2.35. The lowest BCUT2D eigenvalue weighted by atomic mass is 10.0. The summed E-state index contributed by atoms with van der Waals surface area (Å²) in [4.78, 5) is 34.7. The maximum atomic E-state index is 13.2. The summed E-state index contributed by atoms with van der Waals surface area (Å²) in [7, 11) is 3.46. The summed E-state index contributed by atoms with van der Waals surface area (Å²) in [6.07, 6.45) is 3.39. The van der Waals surface area contributed by atoms with Crippen LogP contribution in [0.25, 0.3) is 11.3 Å². The van der Waals surface area contributed by atoms with Crippen molar-refractivity contribution in [3.05, 3.63) is 57.9 Å². The Hall–Kier alpha value is -2.93. The number of thiazole rings is 1. The molecule has 1 aliphatic carbocycles. The van der Waals surface area contributed by atoms with Crippen LogP contribution in [0.3, 0.4) is 0 Å². The van der Waals surface area contributed by atoms with Crippen LogP contribution in [0.5, 0.6) is 0 Å². The lowest BCUT2D eigenvalue weighted by Gasteiger charge is -2.15. The van der Waals surface area contributed by atoms with Crippen LogP contribution in [-0.2, 0) is 19.4 Å². The molecule has 0 fully saturated rings. The van der Waals surface area contributed by atoms with Crippen LogP contribution in [0.1, 0.15) is 36.9 Å². The molecular formula is C20H17N3O3S. The van der Waals surface area contributed by atoms with Gasteiger partial charge in [0.25, 0.3) is 11.8 Å². The SMILES string of the molecule is CN1Cc2cccc(C(=O)N(C)c3nc4c(s3)CCc3occc3-4)c2C1=O. The number of nitrogens with zero attached hydrogens (tertiary/aromatic N) is 3. The van der Waals surface area contributed by atoms with Crippen LogP contribution in [0, 0.1) is 0 Å². The van der Waals surface area contributed by atoms with Gasteiger partial charge in [-0.3, -0.25) is 14.5 Å². The minimum absolute atomic E-state index is 0.108. The summed E-state index contributed by atoms with van der Waals surface area (Å²) in [5, 5.41) is 0.635. The Bertz CT molecular complexity index is 1100. The summed E-state index contributed by atoms with van der Waals surface area (Å²) >= 11 is 1.53. The van der Waals surface area contributed by atoms with Gasteiger partial charge in [0.05, 0.1) is 23.1 Å². The summed E-state index contributed by atoms with van der Waals surface area (Å²) in [5.74, 6) is 0.626. The highest BCUT2D eigenvalue weighted by molar-refractivity contribution is 7.16. The first kappa shape index (κ1) is 16.3. The number of amides is 2. The lowest BCUT2D eigenvalue weighted by molar-refractivity contribution is 0.0811. The molecule has 0 saturated heterocycles. The molecule has 2 amide bonds. The van der Waals surface area contributed by atoms with Gasteiger partial charge in [-0.25, -0.2) is 4.98 Å². The van der Waals surface area contributed by atoms with Crippen molar-refractivity contribution in [1.82, 2.24) is 9.88 Å². The standard InChI is InChI=1S/C20H17N3O3S/c1-22-10-11-4-3-5-13(16(11)19(22)25)18(24)23(2)20-21-17-12-8-9-26-14(12)6-7-15(17)27-20/h3-5,8-9H,6-7,10H2,1-2H3. The number of aryl methyl sites for hydroxylation is 2. The molecule has 27 heavy (non-hydrogen) atoms. The van der Waals surface area contributed by atoms with Crippen molar-refractivity contribution in [2.45, 2.75) is 19.4 Å². The third-order valence-electron chi connectivity index (χ3n) is 5.21. The first-order valence-electron chi connectivity index (χ1n) is 8.76. The number of fused-ring (bicyclic) bond motifs is 4. The van der Waals surface area contributed by atoms with Crippen molar-refractivity contribution < 1.29 is 14.0 Å². The number of anilines is 1. The van der Waals surface area contributed by atoms with Gasteiger partial charge in [-0.05, 0) is 24.1 Å².